The first kappa shape index (κ1) is 11.1. The normalized spacial score (nSPS) is 14.5. The molecule has 0 saturated carbocycles. The van der Waals surface area contributed by atoms with E-state index >= 15 is 0 Å². The van der Waals surface area contributed by atoms with Gasteiger partial charge in [0, 0.05) is 17.8 Å². The summed E-state index contributed by atoms with van der Waals surface area (Å²) in [7, 11) is 0. The van der Waals surface area contributed by atoms with Crippen LogP contribution in [0.2, 0.25) is 0 Å². The lowest BCUT2D eigenvalue weighted by Gasteiger charge is -2.14. The summed E-state index contributed by atoms with van der Waals surface area (Å²) in [6, 6.07) is 14.8. The van der Waals surface area contributed by atoms with Crippen LogP contribution in [0.15, 0.2) is 42.5 Å². The molecule has 0 heterocycles. The molecule has 0 unspecified atom stereocenters. The molecule has 2 N–H and O–H groups in total. The Morgan fingerprint density at radius 1 is 1.06 bits per heavy atom. The summed E-state index contributed by atoms with van der Waals surface area (Å²) >= 11 is 0. The van der Waals surface area contributed by atoms with Gasteiger partial charge in [-0.1, -0.05) is 30.3 Å². The van der Waals surface area contributed by atoms with Crippen LogP contribution in [-0.2, 0) is 12.8 Å². The number of nitrogens with one attached hydrogen (secondary N) is 1. The van der Waals surface area contributed by atoms with Crippen LogP contribution in [0.25, 0.3) is 0 Å². The molecule has 92 valence electrons. The number of anilines is 1. The molecule has 0 fully saturated rings. The molecule has 2 aromatic rings. The van der Waals surface area contributed by atoms with E-state index in [9.17, 15) is 5.11 Å². The van der Waals surface area contributed by atoms with E-state index in [1.165, 1.54) is 11.1 Å². The maximum Gasteiger partial charge on any atom is 0.120 e. The molecule has 1 aliphatic carbocycles. The van der Waals surface area contributed by atoms with Gasteiger partial charge in [-0.15, -0.1) is 0 Å². The van der Waals surface area contributed by atoms with Gasteiger partial charge in [0.05, 0.1) is 0 Å². The van der Waals surface area contributed by atoms with Crippen LogP contribution in [0.4, 0.5) is 5.69 Å². The second-order valence-electron chi connectivity index (χ2n) is 5.02. The lowest BCUT2D eigenvalue weighted by Crippen LogP contribution is -2.19. The minimum Gasteiger partial charge on any atom is -0.508 e. The fourth-order valence-electron chi connectivity index (χ4n) is 2.60. The highest BCUT2D eigenvalue weighted by Gasteiger charge is 2.20. The molecule has 0 aromatic heterocycles. The van der Waals surface area contributed by atoms with E-state index < -0.39 is 0 Å². The van der Waals surface area contributed by atoms with Crippen molar-refractivity contribution in [1.82, 2.24) is 0 Å². The Hall–Kier alpha value is -1.96. The summed E-state index contributed by atoms with van der Waals surface area (Å²) < 4.78 is 0. The highest BCUT2D eigenvalue weighted by molar-refractivity contribution is 5.52. The number of hydrogen-bond donors (Lipinski definition) is 2. The first-order valence-electron chi connectivity index (χ1n) is 6.35. The Bertz CT molecular complexity index is 552. The van der Waals surface area contributed by atoms with Crippen molar-refractivity contribution < 1.29 is 5.11 Å². The number of aryl methyl sites for hydroxylation is 1. The quantitative estimate of drug-likeness (QED) is 0.843. The van der Waals surface area contributed by atoms with Gasteiger partial charge in [-0.05, 0) is 42.5 Å². The minimum atomic E-state index is 0.357. The molecule has 0 radical (unpaired) electrons. The van der Waals surface area contributed by atoms with E-state index in [2.05, 4.69) is 29.6 Å². The van der Waals surface area contributed by atoms with E-state index in [1.807, 2.05) is 19.1 Å². The third kappa shape index (κ3) is 2.06. The summed E-state index contributed by atoms with van der Waals surface area (Å²) in [5, 5.41) is 13.2. The van der Waals surface area contributed by atoms with Crippen molar-refractivity contribution >= 4 is 5.69 Å². The van der Waals surface area contributed by atoms with Crippen molar-refractivity contribution in [3.63, 3.8) is 0 Å². The van der Waals surface area contributed by atoms with E-state index in [-0.39, 0.29) is 0 Å². The van der Waals surface area contributed by atoms with Gasteiger partial charge in [-0.2, -0.15) is 0 Å². The number of hydrogen-bond acceptors (Lipinski definition) is 2. The van der Waals surface area contributed by atoms with Crippen LogP contribution < -0.4 is 5.32 Å². The van der Waals surface area contributed by atoms with Gasteiger partial charge < -0.3 is 10.4 Å². The monoisotopic (exact) mass is 239 g/mol. The molecule has 3 rings (SSSR count). The highest BCUT2D eigenvalue weighted by Crippen LogP contribution is 2.26. The Morgan fingerprint density at radius 2 is 1.72 bits per heavy atom. The molecule has 2 nitrogen and oxygen atoms in total. The van der Waals surface area contributed by atoms with Crippen LogP contribution in [0, 0.1) is 6.92 Å². The standard InChI is InChI=1S/C16H17NO/c1-11-6-7-14(10-16(11)18)17-15-8-12-4-2-3-5-13(12)9-15/h2-7,10,15,17-18H,8-9H2,1H3. The van der Waals surface area contributed by atoms with Gasteiger partial charge in [-0.3, -0.25) is 0 Å². The van der Waals surface area contributed by atoms with Crippen molar-refractivity contribution in [2.24, 2.45) is 0 Å². The van der Waals surface area contributed by atoms with Gasteiger partial charge in [0.15, 0.2) is 0 Å². The van der Waals surface area contributed by atoms with Crippen LogP contribution in [-0.4, -0.2) is 11.1 Å². The minimum absolute atomic E-state index is 0.357. The fourth-order valence-corrected chi connectivity index (χ4v) is 2.60. The number of phenols is 1. The van der Waals surface area contributed by atoms with Crippen molar-refractivity contribution in [2.75, 3.05) is 5.32 Å². The van der Waals surface area contributed by atoms with Gasteiger partial charge >= 0.3 is 0 Å². The third-order valence-electron chi connectivity index (χ3n) is 3.63. The zero-order valence-corrected chi connectivity index (χ0v) is 10.5. The predicted octanol–water partition coefficient (Wildman–Crippen LogP) is 3.28. The van der Waals surface area contributed by atoms with E-state index in [0.717, 1.165) is 24.1 Å². The molecular weight excluding hydrogens is 222 g/mol. The van der Waals surface area contributed by atoms with Crippen LogP contribution in [0.5, 0.6) is 5.75 Å². The summed E-state index contributed by atoms with van der Waals surface area (Å²) in [4.78, 5) is 0. The van der Waals surface area contributed by atoms with Crippen LogP contribution >= 0.6 is 0 Å². The van der Waals surface area contributed by atoms with Gasteiger partial charge in [0.25, 0.3) is 0 Å². The topological polar surface area (TPSA) is 32.3 Å². The molecule has 0 atom stereocenters. The molecule has 0 amide bonds. The Labute approximate surface area is 107 Å². The number of rotatable bonds is 2. The Balaban J connectivity index is 1.74. The molecule has 2 aromatic carbocycles. The van der Waals surface area contributed by atoms with Gasteiger partial charge in [0.1, 0.15) is 5.75 Å². The Morgan fingerprint density at radius 3 is 2.33 bits per heavy atom. The van der Waals surface area contributed by atoms with E-state index in [0.29, 0.717) is 11.8 Å². The summed E-state index contributed by atoms with van der Waals surface area (Å²) in [5.74, 6) is 0.357. The van der Waals surface area contributed by atoms with Gasteiger partial charge in [0.2, 0.25) is 0 Å². The molecule has 0 spiro atoms. The summed E-state index contributed by atoms with van der Waals surface area (Å²) in [6.45, 7) is 1.91. The van der Waals surface area contributed by atoms with Crippen molar-refractivity contribution in [2.45, 2.75) is 25.8 Å². The molecule has 0 bridgehead atoms. The van der Waals surface area contributed by atoms with Crippen LogP contribution in [0.1, 0.15) is 16.7 Å². The lowest BCUT2D eigenvalue weighted by molar-refractivity contribution is 0.471. The van der Waals surface area contributed by atoms with Crippen molar-refractivity contribution in [3.8, 4) is 5.75 Å². The first-order chi connectivity index (χ1) is 8.72. The zero-order valence-electron chi connectivity index (χ0n) is 10.5. The number of aromatic hydroxyl groups is 1. The molecular formula is C16H17NO. The lowest BCUT2D eigenvalue weighted by atomic mass is 10.1. The SMILES string of the molecule is Cc1ccc(NC2Cc3ccccc3C2)cc1O. The fraction of sp³-hybridized carbons (Fsp3) is 0.250. The smallest absolute Gasteiger partial charge is 0.120 e. The van der Waals surface area contributed by atoms with E-state index in [1.54, 1.807) is 6.07 Å². The molecule has 0 saturated heterocycles. The first-order valence-corrected chi connectivity index (χ1v) is 6.35. The average Bonchev–Trinajstić information content (AvgIpc) is 2.76. The Kier molecular flexibility index (Phi) is 2.71. The summed E-state index contributed by atoms with van der Waals surface area (Å²) in [6.07, 6.45) is 2.12. The molecule has 18 heavy (non-hydrogen) atoms. The average molecular weight is 239 g/mol. The maximum atomic E-state index is 9.71. The van der Waals surface area contributed by atoms with Gasteiger partial charge in [-0.25, -0.2) is 0 Å². The number of benzene rings is 2. The molecule has 1 aliphatic rings. The third-order valence-corrected chi connectivity index (χ3v) is 3.63. The molecule has 0 aliphatic heterocycles. The second kappa shape index (κ2) is 4.37. The summed E-state index contributed by atoms with van der Waals surface area (Å²) in [5.41, 5.74) is 4.78. The second-order valence-corrected chi connectivity index (χ2v) is 5.02. The van der Waals surface area contributed by atoms with Crippen molar-refractivity contribution in [1.29, 1.82) is 0 Å². The molecule has 2 heteroatoms. The largest absolute Gasteiger partial charge is 0.508 e. The predicted molar refractivity (Wildman–Crippen MR) is 74.1 cm³/mol. The van der Waals surface area contributed by atoms with Crippen LogP contribution in [0.3, 0.4) is 0 Å². The van der Waals surface area contributed by atoms with Crippen molar-refractivity contribution in [3.05, 3.63) is 59.2 Å². The zero-order chi connectivity index (χ0) is 12.5. The van der Waals surface area contributed by atoms with E-state index in [4.69, 9.17) is 0 Å². The highest BCUT2D eigenvalue weighted by atomic mass is 16.3. The maximum absolute atomic E-state index is 9.71. The number of fused-ring (bicyclic) bond motifs is 1. The number of phenolic OH excluding ortho intramolecular Hbond substituents is 1.